The summed E-state index contributed by atoms with van der Waals surface area (Å²) in [6.07, 6.45) is 2.57. The highest BCUT2D eigenvalue weighted by molar-refractivity contribution is 7.09. The van der Waals surface area contributed by atoms with Crippen molar-refractivity contribution in [3.8, 4) is 0 Å². The van der Waals surface area contributed by atoms with Crippen molar-refractivity contribution in [1.82, 2.24) is 20.4 Å². The van der Waals surface area contributed by atoms with Gasteiger partial charge in [0.2, 0.25) is 0 Å². The third-order valence-corrected chi connectivity index (χ3v) is 4.03. The number of hydrogen-bond donors (Lipinski definition) is 1. The van der Waals surface area contributed by atoms with E-state index in [1.165, 1.54) is 30.9 Å². The van der Waals surface area contributed by atoms with Crippen LogP contribution < -0.4 is 5.32 Å². The fraction of sp³-hybridized carbons (Fsp3) is 0.778. The van der Waals surface area contributed by atoms with Crippen LogP contribution in [-0.2, 0) is 0 Å². The first-order valence-corrected chi connectivity index (χ1v) is 6.05. The normalized spacial score (nSPS) is 37.0. The van der Waals surface area contributed by atoms with E-state index in [1.54, 1.807) is 11.3 Å². The topological polar surface area (TPSA) is 41.1 Å². The van der Waals surface area contributed by atoms with Crippen LogP contribution in [-0.4, -0.2) is 40.8 Å². The maximum atomic E-state index is 4.19. The van der Waals surface area contributed by atoms with Crippen molar-refractivity contribution in [1.29, 1.82) is 0 Å². The largest absolute Gasteiger partial charge is 0.312 e. The van der Waals surface area contributed by atoms with Gasteiger partial charge in [-0.2, -0.15) is 0 Å². The molecule has 2 bridgehead atoms. The fourth-order valence-corrected chi connectivity index (χ4v) is 3.08. The Morgan fingerprint density at radius 3 is 3.00 bits per heavy atom. The van der Waals surface area contributed by atoms with Crippen LogP contribution in [0.3, 0.4) is 0 Å². The highest BCUT2D eigenvalue weighted by Crippen LogP contribution is 2.28. The van der Waals surface area contributed by atoms with E-state index >= 15 is 0 Å². The number of rotatable bonds is 1. The van der Waals surface area contributed by atoms with Gasteiger partial charge in [-0.15, -0.1) is 21.5 Å². The van der Waals surface area contributed by atoms with Crippen LogP contribution in [0.15, 0.2) is 5.51 Å². The van der Waals surface area contributed by atoms with Gasteiger partial charge in [-0.3, -0.25) is 4.90 Å². The molecule has 0 amide bonds. The Balaban J connectivity index is 1.85. The molecule has 3 aliphatic rings. The molecule has 3 fully saturated rings. The molecule has 3 saturated heterocycles. The Morgan fingerprint density at radius 2 is 2.29 bits per heavy atom. The van der Waals surface area contributed by atoms with Crippen LogP contribution in [0.5, 0.6) is 0 Å². The molecule has 14 heavy (non-hydrogen) atoms. The van der Waals surface area contributed by atoms with E-state index in [0.717, 1.165) is 12.6 Å². The lowest BCUT2D eigenvalue weighted by atomic mass is 10.1. The molecule has 0 radical (unpaired) electrons. The highest BCUT2D eigenvalue weighted by Gasteiger charge is 2.31. The third-order valence-electron chi connectivity index (χ3n) is 3.23. The Bertz CT molecular complexity index is 292. The van der Waals surface area contributed by atoms with Gasteiger partial charge in [-0.1, -0.05) is 0 Å². The summed E-state index contributed by atoms with van der Waals surface area (Å²) in [5, 5.41) is 12.9. The van der Waals surface area contributed by atoms with Crippen molar-refractivity contribution in [2.24, 2.45) is 0 Å². The molecule has 1 aromatic rings. The van der Waals surface area contributed by atoms with Crippen molar-refractivity contribution < 1.29 is 0 Å². The van der Waals surface area contributed by atoms with Crippen LogP contribution >= 0.6 is 11.3 Å². The predicted molar refractivity (Wildman–Crippen MR) is 55.2 cm³/mol. The smallest absolute Gasteiger partial charge is 0.135 e. The minimum atomic E-state index is 0.468. The van der Waals surface area contributed by atoms with Gasteiger partial charge in [-0.05, 0) is 12.8 Å². The first-order chi connectivity index (χ1) is 6.93. The van der Waals surface area contributed by atoms with E-state index in [1.807, 2.05) is 5.51 Å². The van der Waals surface area contributed by atoms with Gasteiger partial charge in [0.25, 0.3) is 0 Å². The second kappa shape index (κ2) is 3.56. The molecule has 1 aromatic heterocycles. The van der Waals surface area contributed by atoms with Gasteiger partial charge in [0.15, 0.2) is 0 Å². The number of nitrogens with zero attached hydrogens (tertiary/aromatic N) is 3. The molecular weight excluding hydrogens is 196 g/mol. The zero-order valence-electron chi connectivity index (χ0n) is 8.02. The van der Waals surface area contributed by atoms with Crippen molar-refractivity contribution in [2.75, 3.05) is 19.6 Å². The van der Waals surface area contributed by atoms with E-state index < -0.39 is 0 Å². The molecule has 0 aromatic carbocycles. The summed E-state index contributed by atoms with van der Waals surface area (Å²) in [5.41, 5.74) is 1.83. The van der Waals surface area contributed by atoms with Crippen molar-refractivity contribution >= 4 is 11.3 Å². The summed E-state index contributed by atoms with van der Waals surface area (Å²) in [6, 6.07) is 1.21. The van der Waals surface area contributed by atoms with Crippen LogP contribution in [0.4, 0.5) is 0 Å². The molecule has 0 spiro atoms. The second-order valence-electron chi connectivity index (χ2n) is 4.01. The molecule has 4 rings (SSSR count). The lowest BCUT2D eigenvalue weighted by Crippen LogP contribution is -2.35. The van der Waals surface area contributed by atoms with Gasteiger partial charge < -0.3 is 5.32 Å². The minimum absolute atomic E-state index is 0.468. The monoisotopic (exact) mass is 210 g/mol. The van der Waals surface area contributed by atoms with Gasteiger partial charge in [-0.25, -0.2) is 0 Å². The summed E-state index contributed by atoms with van der Waals surface area (Å²) < 4.78 is 0. The molecule has 0 aliphatic carbocycles. The van der Waals surface area contributed by atoms with Gasteiger partial charge in [0, 0.05) is 25.7 Å². The first kappa shape index (κ1) is 8.76. The molecule has 3 aliphatic heterocycles. The fourth-order valence-electron chi connectivity index (χ4n) is 2.39. The van der Waals surface area contributed by atoms with Gasteiger partial charge in [0.05, 0.1) is 6.04 Å². The maximum absolute atomic E-state index is 4.19. The summed E-state index contributed by atoms with van der Waals surface area (Å²) in [4.78, 5) is 2.54. The zero-order chi connectivity index (χ0) is 9.38. The number of aromatic nitrogens is 2. The second-order valence-corrected chi connectivity index (χ2v) is 4.88. The molecule has 1 unspecified atom stereocenters. The van der Waals surface area contributed by atoms with E-state index in [0.29, 0.717) is 6.04 Å². The van der Waals surface area contributed by atoms with Crippen molar-refractivity contribution in [3.63, 3.8) is 0 Å². The standard InChI is InChI=1S/C9H14N4S/c1-3-13-4-2-7(1)10-5-8(13)9-12-11-6-14-9/h6-8,10H,1-5H2. The zero-order valence-corrected chi connectivity index (χ0v) is 8.83. The van der Waals surface area contributed by atoms with E-state index in [9.17, 15) is 0 Å². The maximum Gasteiger partial charge on any atom is 0.135 e. The van der Waals surface area contributed by atoms with Gasteiger partial charge >= 0.3 is 0 Å². The average Bonchev–Trinajstić information content (AvgIpc) is 2.60. The SMILES string of the molecule is c1nnc(C2CNC3CCN2CC3)s1. The van der Waals surface area contributed by atoms with Crippen LogP contribution in [0.1, 0.15) is 23.9 Å². The molecule has 0 saturated carbocycles. The summed E-state index contributed by atoms with van der Waals surface area (Å²) in [5.74, 6) is 0. The Morgan fingerprint density at radius 1 is 1.43 bits per heavy atom. The molecule has 76 valence electrons. The first-order valence-electron chi connectivity index (χ1n) is 5.17. The molecule has 5 heteroatoms. The lowest BCUT2D eigenvalue weighted by molar-refractivity contribution is 0.188. The average molecular weight is 210 g/mol. The molecule has 1 N–H and O–H groups in total. The molecule has 1 atom stereocenters. The molecule has 4 nitrogen and oxygen atoms in total. The predicted octanol–water partition coefficient (Wildman–Crippen LogP) is 0.647. The van der Waals surface area contributed by atoms with Crippen molar-refractivity contribution in [2.45, 2.75) is 24.9 Å². The molecule has 4 heterocycles. The van der Waals surface area contributed by atoms with Crippen LogP contribution in [0.25, 0.3) is 0 Å². The Kier molecular flexibility index (Phi) is 2.23. The summed E-state index contributed by atoms with van der Waals surface area (Å²) in [7, 11) is 0. The summed E-state index contributed by atoms with van der Waals surface area (Å²) >= 11 is 1.67. The number of hydrogen-bond acceptors (Lipinski definition) is 5. The van der Waals surface area contributed by atoms with E-state index in [4.69, 9.17) is 0 Å². The third kappa shape index (κ3) is 1.45. The number of fused-ring (bicyclic) bond motifs is 4. The van der Waals surface area contributed by atoms with Crippen LogP contribution in [0, 0.1) is 0 Å². The Labute approximate surface area is 87.3 Å². The highest BCUT2D eigenvalue weighted by atomic mass is 32.1. The quantitative estimate of drug-likeness (QED) is 0.739. The van der Waals surface area contributed by atoms with Crippen LogP contribution in [0.2, 0.25) is 0 Å². The lowest BCUT2D eigenvalue weighted by Gasteiger charge is -2.29. The minimum Gasteiger partial charge on any atom is -0.312 e. The number of piperidine rings is 1. The number of nitrogens with one attached hydrogen (secondary N) is 1. The summed E-state index contributed by atoms with van der Waals surface area (Å²) in [6.45, 7) is 3.46. The molecular formula is C9H14N4S. The van der Waals surface area contributed by atoms with E-state index in [-0.39, 0.29) is 0 Å². The van der Waals surface area contributed by atoms with Gasteiger partial charge in [0.1, 0.15) is 10.5 Å². The van der Waals surface area contributed by atoms with Crippen molar-refractivity contribution in [3.05, 3.63) is 10.5 Å². The Hall–Kier alpha value is -0.520. The van der Waals surface area contributed by atoms with E-state index in [2.05, 4.69) is 20.4 Å².